The minimum Gasteiger partial charge on any atom is -0.395 e. The van der Waals surface area contributed by atoms with Gasteiger partial charge in [-0.15, -0.1) is 11.3 Å². The summed E-state index contributed by atoms with van der Waals surface area (Å²) in [6, 6.07) is 4.31. The highest BCUT2D eigenvalue weighted by Crippen LogP contribution is 2.38. The molecule has 1 saturated heterocycles. The minimum atomic E-state index is 0.413. The summed E-state index contributed by atoms with van der Waals surface area (Å²) in [4.78, 5) is 6.82. The Balaban J connectivity index is 1.81. The number of nitrogens with zero attached hydrogens (tertiary/aromatic N) is 2. The van der Waals surface area contributed by atoms with Crippen LogP contribution in [0.2, 0.25) is 0 Å². The zero-order valence-electron chi connectivity index (χ0n) is 12.5. The third-order valence-corrected chi connectivity index (χ3v) is 5.37. The lowest BCUT2D eigenvalue weighted by molar-refractivity contribution is 0.199. The number of anilines is 2. The maximum Gasteiger partial charge on any atom is 0.106 e. The largest absolute Gasteiger partial charge is 0.395 e. The van der Waals surface area contributed by atoms with Gasteiger partial charge in [0.2, 0.25) is 0 Å². The van der Waals surface area contributed by atoms with Gasteiger partial charge in [0.25, 0.3) is 0 Å². The Bertz CT molecular complexity index is 604. The van der Waals surface area contributed by atoms with Crippen LogP contribution in [-0.2, 0) is 0 Å². The highest BCUT2D eigenvalue weighted by molar-refractivity contribution is 7.16. The first kappa shape index (κ1) is 13.7. The molecule has 1 aromatic heterocycles. The van der Waals surface area contributed by atoms with Gasteiger partial charge in [-0.05, 0) is 36.3 Å². The molecule has 20 heavy (non-hydrogen) atoms. The van der Waals surface area contributed by atoms with E-state index in [-0.39, 0.29) is 0 Å². The summed E-state index contributed by atoms with van der Waals surface area (Å²) in [6.07, 6.45) is 2.50. The molecule has 0 spiro atoms. The van der Waals surface area contributed by atoms with Gasteiger partial charge in [0.1, 0.15) is 5.52 Å². The van der Waals surface area contributed by atoms with Crippen LogP contribution in [0.1, 0.15) is 33.6 Å². The van der Waals surface area contributed by atoms with Crippen molar-refractivity contribution in [3.8, 4) is 0 Å². The molecule has 1 aliphatic heterocycles. The zero-order chi connectivity index (χ0) is 14.3. The summed E-state index contributed by atoms with van der Waals surface area (Å²) in [7, 11) is 0. The van der Waals surface area contributed by atoms with Crippen LogP contribution >= 0.6 is 11.3 Å². The second-order valence-corrected chi connectivity index (χ2v) is 7.71. The van der Waals surface area contributed by atoms with Crippen LogP contribution in [0.5, 0.6) is 0 Å². The molecule has 0 bridgehead atoms. The fourth-order valence-corrected chi connectivity index (χ4v) is 3.90. The molecule has 1 aromatic carbocycles. The number of hydrogen-bond donors (Lipinski definition) is 1. The van der Waals surface area contributed by atoms with Gasteiger partial charge < -0.3 is 10.6 Å². The Morgan fingerprint density at radius 1 is 1.25 bits per heavy atom. The second-order valence-electron chi connectivity index (χ2n) is 6.82. The predicted octanol–water partition coefficient (Wildman–Crippen LogP) is 4.14. The number of fused-ring (bicyclic) bond motifs is 1. The highest BCUT2D eigenvalue weighted by atomic mass is 32.1. The van der Waals surface area contributed by atoms with Crippen molar-refractivity contribution in [3.05, 3.63) is 17.6 Å². The van der Waals surface area contributed by atoms with Crippen LogP contribution in [0.3, 0.4) is 0 Å². The Kier molecular flexibility index (Phi) is 3.36. The lowest BCUT2D eigenvalue weighted by Gasteiger charge is -2.40. The Hall–Kier alpha value is -1.29. The molecule has 0 radical (unpaired) electrons. The molecule has 108 valence electrons. The van der Waals surface area contributed by atoms with Crippen molar-refractivity contribution in [1.82, 2.24) is 4.98 Å². The van der Waals surface area contributed by atoms with Crippen molar-refractivity contribution in [2.45, 2.75) is 33.6 Å². The lowest BCUT2D eigenvalue weighted by Crippen LogP contribution is -2.38. The molecule has 0 amide bonds. The van der Waals surface area contributed by atoms with E-state index in [4.69, 9.17) is 5.73 Å². The number of piperidine rings is 1. The number of thiazole rings is 1. The number of benzene rings is 1. The molecule has 3 nitrogen and oxygen atoms in total. The number of nitrogen functional groups attached to an aromatic ring is 1. The standard InChI is InChI=1S/C16H23N3S/c1-16(2,3)11-6-8-19(9-7-11)12-4-5-13-15(14(12)17)18-10-20-13/h4-5,10-11H,6-9,17H2,1-3H3. The lowest BCUT2D eigenvalue weighted by atomic mass is 9.75. The van der Waals surface area contributed by atoms with Gasteiger partial charge in [0.15, 0.2) is 0 Å². The molecule has 0 saturated carbocycles. The Labute approximate surface area is 124 Å². The number of rotatable bonds is 1. The van der Waals surface area contributed by atoms with Crippen molar-refractivity contribution in [2.24, 2.45) is 11.3 Å². The summed E-state index contributed by atoms with van der Waals surface area (Å²) < 4.78 is 1.18. The number of nitrogens with two attached hydrogens (primary N) is 1. The Morgan fingerprint density at radius 3 is 2.60 bits per heavy atom. The van der Waals surface area contributed by atoms with Crippen LogP contribution in [0.4, 0.5) is 11.4 Å². The number of aromatic nitrogens is 1. The first-order valence-electron chi connectivity index (χ1n) is 7.33. The van der Waals surface area contributed by atoms with E-state index in [2.05, 4.69) is 42.8 Å². The molecular formula is C16H23N3S. The molecule has 1 fully saturated rings. The van der Waals surface area contributed by atoms with Crippen molar-refractivity contribution in [2.75, 3.05) is 23.7 Å². The normalized spacial score (nSPS) is 17.9. The zero-order valence-corrected chi connectivity index (χ0v) is 13.3. The van der Waals surface area contributed by atoms with Crippen molar-refractivity contribution >= 4 is 32.9 Å². The fourth-order valence-electron chi connectivity index (χ4n) is 3.20. The smallest absolute Gasteiger partial charge is 0.106 e. The average Bonchev–Trinajstić information content (AvgIpc) is 2.88. The van der Waals surface area contributed by atoms with Crippen LogP contribution in [0.15, 0.2) is 17.6 Å². The molecule has 0 unspecified atom stereocenters. The summed E-state index contributed by atoms with van der Waals surface area (Å²) in [5, 5.41) is 0. The molecular weight excluding hydrogens is 266 g/mol. The SMILES string of the molecule is CC(C)(C)C1CCN(c2ccc3scnc3c2N)CC1. The minimum absolute atomic E-state index is 0.413. The maximum absolute atomic E-state index is 6.32. The van der Waals surface area contributed by atoms with Crippen molar-refractivity contribution in [3.63, 3.8) is 0 Å². The van der Waals surface area contributed by atoms with E-state index in [1.54, 1.807) is 11.3 Å². The van der Waals surface area contributed by atoms with Gasteiger partial charge in [-0.25, -0.2) is 4.98 Å². The molecule has 3 rings (SSSR count). The van der Waals surface area contributed by atoms with Gasteiger partial charge in [0, 0.05) is 13.1 Å². The third-order valence-electron chi connectivity index (χ3n) is 4.58. The molecule has 2 heterocycles. The summed E-state index contributed by atoms with van der Waals surface area (Å²) in [5.74, 6) is 0.808. The van der Waals surface area contributed by atoms with E-state index in [1.165, 1.54) is 17.5 Å². The van der Waals surface area contributed by atoms with E-state index in [0.29, 0.717) is 5.41 Å². The van der Waals surface area contributed by atoms with Gasteiger partial charge in [-0.2, -0.15) is 0 Å². The van der Waals surface area contributed by atoms with Crippen LogP contribution in [0.25, 0.3) is 10.2 Å². The van der Waals surface area contributed by atoms with Gasteiger partial charge in [-0.3, -0.25) is 0 Å². The van der Waals surface area contributed by atoms with Crippen molar-refractivity contribution < 1.29 is 0 Å². The quantitative estimate of drug-likeness (QED) is 0.802. The van der Waals surface area contributed by atoms with Gasteiger partial charge >= 0.3 is 0 Å². The Morgan fingerprint density at radius 2 is 1.95 bits per heavy atom. The van der Waals surface area contributed by atoms with Crippen molar-refractivity contribution in [1.29, 1.82) is 0 Å². The summed E-state index contributed by atoms with van der Waals surface area (Å²) >= 11 is 1.65. The molecule has 0 atom stereocenters. The van der Waals surface area contributed by atoms with E-state index >= 15 is 0 Å². The first-order valence-corrected chi connectivity index (χ1v) is 8.21. The molecule has 2 aromatic rings. The topological polar surface area (TPSA) is 42.2 Å². The highest BCUT2D eigenvalue weighted by Gasteiger charge is 2.29. The summed E-state index contributed by atoms with van der Waals surface area (Å²) in [6.45, 7) is 9.25. The van der Waals surface area contributed by atoms with Crippen LogP contribution in [0, 0.1) is 11.3 Å². The third kappa shape index (κ3) is 2.37. The first-order chi connectivity index (χ1) is 9.47. The molecule has 0 aliphatic carbocycles. The van der Waals surface area contributed by atoms with Crippen LogP contribution in [-0.4, -0.2) is 18.1 Å². The molecule has 4 heteroatoms. The van der Waals surface area contributed by atoms with E-state index in [9.17, 15) is 0 Å². The van der Waals surface area contributed by atoms with Gasteiger partial charge in [-0.1, -0.05) is 20.8 Å². The number of hydrogen-bond acceptors (Lipinski definition) is 4. The van der Waals surface area contributed by atoms with E-state index in [1.807, 2.05) is 5.51 Å². The fraction of sp³-hybridized carbons (Fsp3) is 0.562. The molecule has 2 N–H and O–H groups in total. The second kappa shape index (κ2) is 4.92. The monoisotopic (exact) mass is 289 g/mol. The maximum atomic E-state index is 6.32. The van der Waals surface area contributed by atoms with Crippen LogP contribution < -0.4 is 10.6 Å². The van der Waals surface area contributed by atoms with Gasteiger partial charge in [0.05, 0.1) is 21.6 Å². The average molecular weight is 289 g/mol. The molecule has 1 aliphatic rings. The van der Waals surface area contributed by atoms with E-state index in [0.717, 1.165) is 35.9 Å². The van der Waals surface area contributed by atoms with E-state index < -0.39 is 0 Å². The predicted molar refractivity (Wildman–Crippen MR) is 88.4 cm³/mol. The summed E-state index contributed by atoms with van der Waals surface area (Å²) in [5.41, 5.74) is 11.6.